The lowest BCUT2D eigenvalue weighted by Gasteiger charge is -2.19. The zero-order chi connectivity index (χ0) is 31.2. The molecule has 0 unspecified atom stereocenters. The van der Waals surface area contributed by atoms with Gasteiger partial charge in [-0.1, -0.05) is 64.4 Å². The molecule has 0 aliphatic heterocycles. The van der Waals surface area contributed by atoms with Crippen molar-refractivity contribution in [2.75, 3.05) is 6.61 Å². The van der Waals surface area contributed by atoms with Gasteiger partial charge in [0.25, 0.3) is 0 Å². The van der Waals surface area contributed by atoms with Gasteiger partial charge in [0.05, 0.1) is 22.7 Å². The van der Waals surface area contributed by atoms with Crippen LogP contribution in [-0.4, -0.2) is 42.3 Å². The van der Waals surface area contributed by atoms with Crippen LogP contribution in [0.15, 0.2) is 18.2 Å². The van der Waals surface area contributed by atoms with Crippen LogP contribution in [0.3, 0.4) is 0 Å². The van der Waals surface area contributed by atoms with Gasteiger partial charge < -0.3 is 15.4 Å². The van der Waals surface area contributed by atoms with Crippen molar-refractivity contribution < 1.29 is 50.3 Å². The minimum atomic E-state index is -5.30. The molecule has 2 atom stereocenters. The van der Waals surface area contributed by atoms with Crippen molar-refractivity contribution in [3.8, 4) is 0 Å². The summed E-state index contributed by atoms with van der Waals surface area (Å²) in [5.41, 5.74) is -5.49. The summed E-state index contributed by atoms with van der Waals surface area (Å²) in [6.07, 6.45) is -0.705. The zero-order valence-electron chi connectivity index (χ0n) is 23.5. The van der Waals surface area contributed by atoms with E-state index in [1.807, 2.05) is 0 Å². The Labute approximate surface area is 235 Å². The number of hydrogen-bond donors (Lipinski definition) is 2. The van der Waals surface area contributed by atoms with Crippen LogP contribution in [0.1, 0.15) is 106 Å². The standard InChI is InChI=1S/C28H38F6N2O5/c1-4-5-6-7-8-9-10-11-12-16-23(38)35-19(3)25(39)36-18(2)22(37)17-41-26(40)24-20(27(29,30)31)14-13-15-21(24)28(32,33)34/h13-15,18-19H,4-12,16-17H2,1-3H3,(H,35,38)(H,36,39)/t18-,19-/m0/s1. The van der Waals surface area contributed by atoms with Crippen molar-refractivity contribution in [3.05, 3.63) is 34.9 Å². The molecule has 1 aromatic carbocycles. The summed E-state index contributed by atoms with van der Waals surface area (Å²) in [6.45, 7) is 3.54. The van der Waals surface area contributed by atoms with E-state index < -0.39 is 65.4 Å². The van der Waals surface area contributed by atoms with Crippen molar-refractivity contribution in [2.24, 2.45) is 0 Å². The van der Waals surface area contributed by atoms with Gasteiger partial charge in [-0.25, -0.2) is 4.79 Å². The predicted molar refractivity (Wildman–Crippen MR) is 139 cm³/mol. The van der Waals surface area contributed by atoms with E-state index in [1.165, 1.54) is 39.5 Å². The number of ketones is 1. The molecule has 1 rings (SSSR count). The molecule has 0 fully saturated rings. The van der Waals surface area contributed by atoms with Crippen LogP contribution in [-0.2, 0) is 31.5 Å². The molecule has 0 spiro atoms. The number of benzene rings is 1. The highest BCUT2D eigenvalue weighted by Crippen LogP contribution is 2.39. The molecule has 7 nitrogen and oxygen atoms in total. The Morgan fingerprint density at radius 2 is 1.24 bits per heavy atom. The van der Waals surface area contributed by atoms with Gasteiger partial charge in [-0.3, -0.25) is 14.4 Å². The summed E-state index contributed by atoms with van der Waals surface area (Å²) in [4.78, 5) is 49.0. The lowest BCUT2D eigenvalue weighted by molar-refractivity contribution is -0.144. The van der Waals surface area contributed by atoms with Crippen molar-refractivity contribution >= 4 is 23.6 Å². The Kier molecular flexibility index (Phi) is 14.9. The third-order valence-corrected chi connectivity index (χ3v) is 6.34. The summed E-state index contributed by atoms with van der Waals surface area (Å²) in [5, 5.41) is 4.77. The minimum Gasteiger partial charge on any atom is -0.454 e. The molecule has 0 aliphatic carbocycles. The summed E-state index contributed by atoms with van der Waals surface area (Å²) < 4.78 is 84.0. The van der Waals surface area contributed by atoms with E-state index in [4.69, 9.17) is 0 Å². The third-order valence-electron chi connectivity index (χ3n) is 6.34. The molecule has 13 heteroatoms. The number of esters is 1. The van der Waals surface area contributed by atoms with Gasteiger partial charge >= 0.3 is 18.3 Å². The quantitative estimate of drug-likeness (QED) is 0.124. The number of nitrogens with one attached hydrogen (secondary N) is 2. The molecule has 0 aliphatic rings. The molecule has 1 aromatic rings. The number of alkyl halides is 6. The van der Waals surface area contributed by atoms with Crippen LogP contribution in [0.5, 0.6) is 0 Å². The lowest BCUT2D eigenvalue weighted by atomic mass is 10.00. The number of amides is 2. The molecule has 0 saturated heterocycles. The van der Waals surface area contributed by atoms with Crippen LogP contribution in [0, 0.1) is 0 Å². The molecule has 0 saturated carbocycles. The fourth-order valence-electron chi connectivity index (χ4n) is 3.97. The number of rotatable bonds is 17. The molecule has 2 amide bonds. The van der Waals surface area contributed by atoms with Gasteiger partial charge in [-0.2, -0.15) is 26.3 Å². The zero-order valence-corrected chi connectivity index (χ0v) is 23.5. The fourth-order valence-corrected chi connectivity index (χ4v) is 3.97. The maximum atomic E-state index is 13.3. The number of carbonyl (C=O) groups is 4. The van der Waals surface area contributed by atoms with E-state index in [0.29, 0.717) is 24.6 Å². The Morgan fingerprint density at radius 3 is 1.73 bits per heavy atom. The number of halogens is 6. The second kappa shape index (κ2) is 17.0. The van der Waals surface area contributed by atoms with Gasteiger partial charge in [0.15, 0.2) is 12.4 Å². The largest absolute Gasteiger partial charge is 0.454 e. The van der Waals surface area contributed by atoms with E-state index in [-0.39, 0.29) is 12.3 Å². The fraction of sp³-hybridized carbons (Fsp3) is 0.643. The normalized spacial score (nSPS) is 13.3. The molecule has 232 valence electrons. The van der Waals surface area contributed by atoms with Crippen LogP contribution in [0.2, 0.25) is 0 Å². The molecule has 0 bridgehead atoms. The van der Waals surface area contributed by atoms with E-state index in [9.17, 15) is 45.5 Å². The smallest absolute Gasteiger partial charge is 0.417 e. The topological polar surface area (TPSA) is 102 Å². The van der Waals surface area contributed by atoms with Crippen molar-refractivity contribution in [2.45, 2.75) is 109 Å². The third kappa shape index (κ3) is 12.9. The summed E-state index contributed by atoms with van der Waals surface area (Å²) in [7, 11) is 0. The summed E-state index contributed by atoms with van der Waals surface area (Å²) in [5.74, 6) is -4.08. The molecule has 0 heterocycles. The highest BCUT2D eigenvalue weighted by Gasteiger charge is 2.43. The van der Waals surface area contributed by atoms with Gasteiger partial charge in [0.1, 0.15) is 6.04 Å². The Morgan fingerprint density at radius 1 is 0.756 bits per heavy atom. The van der Waals surface area contributed by atoms with Gasteiger partial charge in [0.2, 0.25) is 11.8 Å². The van der Waals surface area contributed by atoms with Crippen molar-refractivity contribution in [1.29, 1.82) is 0 Å². The van der Waals surface area contributed by atoms with E-state index in [0.717, 1.165) is 25.7 Å². The number of ether oxygens (including phenoxy) is 1. The first-order chi connectivity index (χ1) is 19.1. The predicted octanol–water partition coefficient (Wildman–Crippen LogP) is 6.38. The first-order valence-corrected chi connectivity index (χ1v) is 13.7. The first kappa shape index (κ1) is 35.9. The van der Waals surface area contributed by atoms with Crippen LogP contribution in [0.4, 0.5) is 26.3 Å². The van der Waals surface area contributed by atoms with Crippen molar-refractivity contribution in [1.82, 2.24) is 10.6 Å². The maximum Gasteiger partial charge on any atom is 0.417 e. The van der Waals surface area contributed by atoms with Gasteiger partial charge in [-0.05, 0) is 32.4 Å². The molecule has 0 radical (unpaired) electrons. The average Bonchev–Trinajstić information content (AvgIpc) is 2.88. The SMILES string of the molecule is CCCCCCCCCCCC(=O)N[C@@H](C)C(=O)N[C@@H](C)C(=O)COC(=O)c1c(C(F)(F)F)cccc1C(F)(F)F. The van der Waals surface area contributed by atoms with E-state index >= 15 is 0 Å². The highest BCUT2D eigenvalue weighted by molar-refractivity contribution is 5.97. The molecular formula is C28H38F6N2O5. The molecule has 2 N–H and O–H groups in total. The second-order valence-corrected chi connectivity index (χ2v) is 9.86. The minimum absolute atomic E-state index is 0.219. The molecule has 0 aromatic heterocycles. The van der Waals surface area contributed by atoms with E-state index in [2.05, 4.69) is 22.3 Å². The van der Waals surface area contributed by atoms with Crippen LogP contribution >= 0.6 is 0 Å². The Bertz CT molecular complexity index is 994. The van der Waals surface area contributed by atoms with Crippen molar-refractivity contribution in [3.63, 3.8) is 0 Å². The average molecular weight is 597 g/mol. The highest BCUT2D eigenvalue weighted by atomic mass is 19.4. The number of carbonyl (C=O) groups excluding carboxylic acids is 4. The van der Waals surface area contributed by atoms with Gasteiger partial charge in [0, 0.05) is 6.42 Å². The summed E-state index contributed by atoms with van der Waals surface area (Å²) >= 11 is 0. The second-order valence-electron chi connectivity index (χ2n) is 9.86. The molecule has 41 heavy (non-hydrogen) atoms. The lowest BCUT2D eigenvalue weighted by Crippen LogP contribution is -2.50. The number of unbranched alkanes of at least 4 members (excludes halogenated alkanes) is 8. The Balaban J connectivity index is 2.55. The van der Waals surface area contributed by atoms with Crippen LogP contribution in [0.25, 0.3) is 0 Å². The first-order valence-electron chi connectivity index (χ1n) is 13.7. The monoisotopic (exact) mass is 596 g/mol. The molecular weight excluding hydrogens is 558 g/mol. The number of Topliss-reactive ketones (excluding diaryl/α,β-unsaturated/α-hetero) is 1. The Hall–Kier alpha value is -3.12. The van der Waals surface area contributed by atoms with Gasteiger partial charge in [-0.15, -0.1) is 0 Å². The maximum absolute atomic E-state index is 13.3. The summed E-state index contributed by atoms with van der Waals surface area (Å²) in [6, 6.07) is -1.25. The number of hydrogen-bond acceptors (Lipinski definition) is 5. The van der Waals surface area contributed by atoms with Crippen LogP contribution < -0.4 is 10.6 Å². The van der Waals surface area contributed by atoms with E-state index in [1.54, 1.807) is 0 Å².